The quantitative estimate of drug-likeness (QED) is 0.430. The lowest BCUT2D eigenvalue weighted by Gasteiger charge is -2.32. The summed E-state index contributed by atoms with van der Waals surface area (Å²) in [6, 6.07) is 16.1. The fraction of sp³-hybridized carbons (Fsp3) is 0.333. The Kier molecular flexibility index (Phi) is 6.72. The van der Waals surface area contributed by atoms with E-state index in [-0.39, 0.29) is 17.9 Å². The van der Waals surface area contributed by atoms with Gasteiger partial charge < -0.3 is 9.73 Å². The van der Waals surface area contributed by atoms with E-state index in [1.54, 1.807) is 29.4 Å². The number of benzene rings is 1. The lowest BCUT2D eigenvalue weighted by molar-refractivity contribution is 0.0907. The molecule has 0 bridgehead atoms. The Morgan fingerprint density at radius 1 is 1.11 bits per heavy atom. The van der Waals surface area contributed by atoms with E-state index in [9.17, 15) is 4.79 Å². The Morgan fingerprint density at radius 2 is 1.91 bits per heavy atom. The molecule has 0 saturated carbocycles. The largest absolute Gasteiger partial charge is 0.463 e. The van der Waals surface area contributed by atoms with Gasteiger partial charge in [0.15, 0.2) is 5.76 Å². The van der Waals surface area contributed by atoms with Crippen LogP contribution in [0.3, 0.4) is 0 Å². The number of furan rings is 1. The number of piperidine rings is 1. The number of nitrogens with one attached hydrogen (secondary N) is 1. The number of amides is 1. The molecule has 35 heavy (non-hydrogen) atoms. The highest BCUT2D eigenvalue weighted by Gasteiger charge is 2.26. The third-order valence-electron chi connectivity index (χ3n) is 6.38. The van der Waals surface area contributed by atoms with Crippen molar-refractivity contribution in [1.82, 2.24) is 30.0 Å². The second kappa shape index (κ2) is 10.2. The van der Waals surface area contributed by atoms with Crippen LogP contribution in [0.2, 0.25) is 0 Å². The van der Waals surface area contributed by atoms with Gasteiger partial charge >= 0.3 is 0 Å². The zero-order valence-electron chi connectivity index (χ0n) is 20.1. The molecule has 1 aromatic carbocycles. The molecule has 0 unspecified atom stereocenters. The monoisotopic (exact) mass is 470 g/mol. The van der Waals surface area contributed by atoms with Crippen LogP contribution in [-0.4, -0.2) is 49.7 Å². The predicted molar refractivity (Wildman–Crippen MR) is 133 cm³/mol. The van der Waals surface area contributed by atoms with Crippen molar-refractivity contribution in [3.63, 3.8) is 0 Å². The van der Waals surface area contributed by atoms with Gasteiger partial charge in [0.25, 0.3) is 11.9 Å². The molecule has 0 radical (unpaired) electrons. The first kappa shape index (κ1) is 23.0. The molecular formula is C27H30N6O2. The van der Waals surface area contributed by atoms with Crippen LogP contribution >= 0.6 is 0 Å². The van der Waals surface area contributed by atoms with Gasteiger partial charge in [-0.3, -0.25) is 9.69 Å². The zero-order chi connectivity index (χ0) is 24.2. The first-order valence-electron chi connectivity index (χ1n) is 12.1. The van der Waals surface area contributed by atoms with E-state index in [2.05, 4.69) is 49.5 Å². The van der Waals surface area contributed by atoms with Crippen molar-refractivity contribution in [2.24, 2.45) is 0 Å². The first-order valence-corrected chi connectivity index (χ1v) is 12.1. The van der Waals surface area contributed by atoms with Gasteiger partial charge in [-0.2, -0.15) is 5.10 Å². The van der Waals surface area contributed by atoms with Crippen LogP contribution in [0.1, 0.15) is 54.2 Å². The maximum atomic E-state index is 13.3. The molecule has 1 saturated heterocycles. The number of carbonyl (C=O) groups excluding carboxylic acids is 1. The standard InChI is InChI=1S/C27H30N6O2/c1-19(2)25-22(17-29-33(25)27-28-13-10-23(31-27)24-9-6-16-35-24)26(34)30-21-11-14-32(15-12-21)18-20-7-4-3-5-8-20/h3-10,13,16-17,19,21H,11-12,14-15,18H2,1-2H3,(H,30,34). The first-order chi connectivity index (χ1) is 17.1. The van der Waals surface area contributed by atoms with E-state index in [0.717, 1.165) is 38.2 Å². The Bertz CT molecular complexity index is 1260. The molecule has 0 spiro atoms. The predicted octanol–water partition coefficient (Wildman–Crippen LogP) is 4.44. The highest BCUT2D eigenvalue weighted by Crippen LogP contribution is 2.24. The van der Waals surface area contributed by atoms with Crippen LogP contribution in [0.4, 0.5) is 0 Å². The molecular weight excluding hydrogens is 440 g/mol. The summed E-state index contributed by atoms with van der Waals surface area (Å²) in [4.78, 5) is 24.7. The maximum absolute atomic E-state index is 13.3. The number of carbonyl (C=O) groups is 1. The summed E-state index contributed by atoms with van der Waals surface area (Å²) in [6.07, 6.45) is 6.77. The van der Waals surface area contributed by atoms with Crippen molar-refractivity contribution >= 4 is 5.91 Å². The molecule has 4 aromatic rings. The highest BCUT2D eigenvalue weighted by molar-refractivity contribution is 5.95. The van der Waals surface area contributed by atoms with Crippen LogP contribution in [0.5, 0.6) is 0 Å². The van der Waals surface area contributed by atoms with E-state index >= 15 is 0 Å². The normalized spacial score (nSPS) is 14.9. The van der Waals surface area contributed by atoms with Crippen LogP contribution < -0.4 is 5.32 Å². The third-order valence-corrected chi connectivity index (χ3v) is 6.38. The maximum Gasteiger partial charge on any atom is 0.255 e. The van der Waals surface area contributed by atoms with E-state index in [4.69, 9.17) is 4.42 Å². The van der Waals surface area contributed by atoms with Crippen molar-refractivity contribution in [3.05, 3.63) is 84.0 Å². The fourth-order valence-corrected chi connectivity index (χ4v) is 4.60. The van der Waals surface area contributed by atoms with Crippen LogP contribution in [0, 0.1) is 0 Å². The number of hydrogen-bond acceptors (Lipinski definition) is 6. The van der Waals surface area contributed by atoms with Crippen LogP contribution in [0.25, 0.3) is 17.4 Å². The SMILES string of the molecule is CC(C)c1c(C(=O)NC2CCN(Cc3ccccc3)CC2)cnn1-c1nccc(-c2ccco2)n1. The molecule has 4 heterocycles. The topological polar surface area (TPSA) is 89.1 Å². The molecule has 1 amide bonds. The van der Waals surface area contributed by atoms with Crippen LogP contribution in [0.15, 0.2) is 71.6 Å². The zero-order valence-corrected chi connectivity index (χ0v) is 20.1. The van der Waals surface area contributed by atoms with E-state index in [1.165, 1.54) is 5.56 Å². The minimum absolute atomic E-state index is 0.0573. The molecule has 1 aliphatic rings. The summed E-state index contributed by atoms with van der Waals surface area (Å²) in [5, 5.41) is 7.73. The van der Waals surface area contributed by atoms with Crippen molar-refractivity contribution in [3.8, 4) is 17.4 Å². The van der Waals surface area contributed by atoms with Gasteiger partial charge in [-0.25, -0.2) is 14.6 Å². The van der Waals surface area contributed by atoms with Gasteiger partial charge in [-0.1, -0.05) is 44.2 Å². The lowest BCUT2D eigenvalue weighted by Crippen LogP contribution is -2.44. The Hall–Kier alpha value is -3.78. The van der Waals surface area contributed by atoms with Gasteiger partial charge in [0, 0.05) is 31.9 Å². The summed E-state index contributed by atoms with van der Waals surface area (Å²) in [7, 11) is 0. The molecule has 3 aromatic heterocycles. The average Bonchev–Trinajstić information content (AvgIpc) is 3.57. The Labute approximate surface area is 205 Å². The van der Waals surface area contributed by atoms with Crippen molar-refractivity contribution in [1.29, 1.82) is 0 Å². The fourth-order valence-electron chi connectivity index (χ4n) is 4.60. The van der Waals surface area contributed by atoms with Gasteiger partial charge in [0.2, 0.25) is 0 Å². The number of nitrogens with zero attached hydrogens (tertiary/aromatic N) is 5. The Morgan fingerprint density at radius 3 is 2.63 bits per heavy atom. The molecule has 180 valence electrons. The number of likely N-dealkylation sites (tertiary alicyclic amines) is 1. The molecule has 0 aliphatic carbocycles. The smallest absolute Gasteiger partial charge is 0.255 e. The van der Waals surface area contributed by atoms with Gasteiger partial charge in [-0.15, -0.1) is 0 Å². The molecule has 8 heteroatoms. The average molecular weight is 471 g/mol. The van der Waals surface area contributed by atoms with Gasteiger partial charge in [0.1, 0.15) is 5.69 Å². The third kappa shape index (κ3) is 5.17. The molecule has 8 nitrogen and oxygen atoms in total. The summed E-state index contributed by atoms with van der Waals surface area (Å²) in [6.45, 7) is 6.96. The van der Waals surface area contributed by atoms with Crippen LogP contribution in [-0.2, 0) is 6.54 Å². The second-order valence-corrected chi connectivity index (χ2v) is 9.24. The van der Waals surface area contributed by atoms with Gasteiger partial charge in [0.05, 0.1) is 23.7 Å². The molecule has 1 N–H and O–H groups in total. The molecule has 0 atom stereocenters. The van der Waals surface area contributed by atoms with Gasteiger partial charge in [-0.05, 0) is 42.5 Å². The number of aromatic nitrogens is 4. The summed E-state index contributed by atoms with van der Waals surface area (Å²) >= 11 is 0. The van der Waals surface area contributed by atoms with Crippen molar-refractivity contribution in [2.75, 3.05) is 13.1 Å². The summed E-state index contributed by atoms with van der Waals surface area (Å²) < 4.78 is 7.13. The minimum atomic E-state index is -0.0938. The second-order valence-electron chi connectivity index (χ2n) is 9.24. The molecule has 1 aliphatic heterocycles. The minimum Gasteiger partial charge on any atom is -0.463 e. The van der Waals surface area contributed by atoms with E-state index < -0.39 is 0 Å². The molecule has 1 fully saturated rings. The Balaban J connectivity index is 1.28. The molecule has 5 rings (SSSR count). The lowest BCUT2D eigenvalue weighted by atomic mass is 10.0. The number of hydrogen-bond donors (Lipinski definition) is 1. The van der Waals surface area contributed by atoms with E-state index in [1.807, 2.05) is 32.0 Å². The van der Waals surface area contributed by atoms with E-state index in [0.29, 0.717) is 23.0 Å². The van der Waals surface area contributed by atoms with Crippen molar-refractivity contribution < 1.29 is 9.21 Å². The summed E-state index contributed by atoms with van der Waals surface area (Å²) in [5.74, 6) is 1.03. The van der Waals surface area contributed by atoms with Crippen molar-refractivity contribution in [2.45, 2.75) is 45.2 Å². The summed E-state index contributed by atoms with van der Waals surface area (Å²) in [5.41, 5.74) is 3.35. The highest BCUT2D eigenvalue weighted by atomic mass is 16.3. The number of rotatable bonds is 7.